The molecule has 1 aromatic heterocycles. The van der Waals surface area contributed by atoms with Crippen molar-refractivity contribution in [2.75, 3.05) is 13.1 Å². The van der Waals surface area contributed by atoms with Crippen molar-refractivity contribution in [1.82, 2.24) is 14.8 Å². The summed E-state index contributed by atoms with van der Waals surface area (Å²) < 4.78 is 0. The number of hydrogen-bond acceptors (Lipinski definition) is 2. The van der Waals surface area contributed by atoms with E-state index in [9.17, 15) is 9.59 Å². The van der Waals surface area contributed by atoms with Crippen molar-refractivity contribution in [3.63, 3.8) is 0 Å². The molecule has 1 N–H and O–H groups in total. The maximum absolute atomic E-state index is 13.7. The van der Waals surface area contributed by atoms with E-state index in [1.165, 1.54) is 10.9 Å². The summed E-state index contributed by atoms with van der Waals surface area (Å²) in [6.45, 7) is 1.01. The Labute approximate surface area is 202 Å². The molecule has 5 nitrogen and oxygen atoms in total. The minimum absolute atomic E-state index is 0.0281. The topological polar surface area (TPSA) is 56.4 Å². The third-order valence-corrected chi connectivity index (χ3v) is 7.42. The fourth-order valence-electron chi connectivity index (χ4n) is 5.69. The molecule has 3 aromatic carbocycles. The highest BCUT2D eigenvalue weighted by atomic mass is 35.5. The van der Waals surface area contributed by atoms with Gasteiger partial charge in [0.05, 0.1) is 0 Å². The van der Waals surface area contributed by atoms with Crippen LogP contribution < -0.4 is 0 Å². The van der Waals surface area contributed by atoms with Crippen LogP contribution >= 0.6 is 11.6 Å². The van der Waals surface area contributed by atoms with Crippen LogP contribution in [0.25, 0.3) is 10.9 Å². The Morgan fingerprint density at radius 2 is 1.74 bits per heavy atom. The van der Waals surface area contributed by atoms with Crippen molar-refractivity contribution >= 4 is 34.3 Å². The van der Waals surface area contributed by atoms with Crippen molar-refractivity contribution in [2.24, 2.45) is 0 Å². The maximum Gasteiger partial charge on any atom is 0.256 e. The molecule has 1 atom stereocenters. The van der Waals surface area contributed by atoms with Crippen molar-refractivity contribution in [1.29, 1.82) is 0 Å². The second-order valence-electron chi connectivity index (χ2n) is 8.94. The van der Waals surface area contributed by atoms with Crippen LogP contribution in [-0.4, -0.2) is 39.7 Å². The Balaban J connectivity index is 1.32. The molecule has 6 heteroatoms. The van der Waals surface area contributed by atoms with E-state index in [4.69, 9.17) is 11.6 Å². The van der Waals surface area contributed by atoms with Gasteiger partial charge in [0.1, 0.15) is 0 Å². The van der Waals surface area contributed by atoms with Gasteiger partial charge in [-0.05, 0) is 42.7 Å². The molecule has 34 heavy (non-hydrogen) atoms. The molecule has 4 aromatic rings. The summed E-state index contributed by atoms with van der Waals surface area (Å²) in [5, 5.41) is 1.83. The van der Waals surface area contributed by atoms with E-state index in [0.717, 1.165) is 29.5 Å². The Morgan fingerprint density at radius 3 is 2.59 bits per heavy atom. The summed E-state index contributed by atoms with van der Waals surface area (Å²) in [4.78, 5) is 34.1. The molecule has 2 aliphatic heterocycles. The van der Waals surface area contributed by atoms with Gasteiger partial charge in [0, 0.05) is 58.3 Å². The normalized spacial score (nSPS) is 19.0. The molecule has 0 radical (unpaired) electrons. The highest BCUT2D eigenvalue weighted by Crippen LogP contribution is 2.50. The van der Waals surface area contributed by atoms with E-state index < -0.39 is 5.66 Å². The SMILES string of the molecule is O=C(CCCc1c[nH]c2ccccc12)N1CCN2C(=O)c3ccccc3C12c1ccc(Cl)cc1. The van der Waals surface area contributed by atoms with Crippen LogP contribution in [0.4, 0.5) is 0 Å². The lowest BCUT2D eigenvalue weighted by Gasteiger charge is -2.40. The van der Waals surface area contributed by atoms with Crippen LogP contribution in [0.5, 0.6) is 0 Å². The second kappa shape index (κ2) is 8.03. The van der Waals surface area contributed by atoms with Gasteiger partial charge in [-0.3, -0.25) is 9.59 Å². The number of aromatic amines is 1. The number of nitrogens with one attached hydrogen (secondary N) is 1. The molecular weight excluding hydrogens is 446 g/mol. The van der Waals surface area contributed by atoms with Gasteiger partial charge in [-0.15, -0.1) is 0 Å². The van der Waals surface area contributed by atoms with Crippen molar-refractivity contribution in [3.05, 3.63) is 106 Å². The monoisotopic (exact) mass is 469 g/mol. The number of fused-ring (bicyclic) bond motifs is 4. The summed E-state index contributed by atoms with van der Waals surface area (Å²) in [5.41, 5.74) is 3.83. The van der Waals surface area contributed by atoms with Gasteiger partial charge >= 0.3 is 0 Å². The number of H-pyrrole nitrogens is 1. The summed E-state index contributed by atoms with van der Waals surface area (Å²) in [7, 11) is 0. The zero-order valence-electron chi connectivity index (χ0n) is 18.6. The summed E-state index contributed by atoms with van der Waals surface area (Å²) >= 11 is 6.18. The molecule has 6 rings (SSSR count). The van der Waals surface area contributed by atoms with E-state index in [1.54, 1.807) is 0 Å². The van der Waals surface area contributed by atoms with Gasteiger partial charge < -0.3 is 14.8 Å². The molecule has 2 amide bonds. The standard InChI is InChI=1S/C28H24ClN3O2/c29-21-14-12-20(13-15-21)28-24-9-3-1-8-23(24)27(34)32(28)17-16-31(28)26(33)11-5-6-19-18-30-25-10-4-2-7-22(19)25/h1-4,7-10,12-15,18,30H,5-6,11,16-17H2. The summed E-state index contributed by atoms with van der Waals surface area (Å²) in [5.74, 6) is 0.0291. The molecule has 170 valence electrons. The lowest BCUT2D eigenvalue weighted by molar-refractivity contribution is -0.136. The van der Waals surface area contributed by atoms with Gasteiger partial charge in [-0.1, -0.05) is 60.1 Å². The fraction of sp³-hybridized carbons (Fsp3) is 0.214. The maximum atomic E-state index is 13.7. The molecule has 0 saturated carbocycles. The van der Waals surface area contributed by atoms with E-state index in [1.807, 2.05) is 76.7 Å². The van der Waals surface area contributed by atoms with E-state index in [0.29, 0.717) is 30.1 Å². The van der Waals surface area contributed by atoms with Crippen LogP contribution in [0.15, 0.2) is 79.0 Å². The quantitative estimate of drug-likeness (QED) is 0.428. The average Bonchev–Trinajstić information content (AvgIpc) is 3.52. The van der Waals surface area contributed by atoms with Crippen LogP contribution in [0.1, 0.15) is 39.9 Å². The first-order valence-corrected chi connectivity index (χ1v) is 12.0. The fourth-order valence-corrected chi connectivity index (χ4v) is 5.81. The third kappa shape index (κ3) is 3.00. The zero-order valence-corrected chi connectivity index (χ0v) is 19.4. The second-order valence-corrected chi connectivity index (χ2v) is 9.38. The molecule has 1 saturated heterocycles. The van der Waals surface area contributed by atoms with Gasteiger partial charge in [0.25, 0.3) is 5.91 Å². The van der Waals surface area contributed by atoms with Gasteiger partial charge in [-0.25, -0.2) is 0 Å². The summed E-state index contributed by atoms with van der Waals surface area (Å²) in [6, 6.07) is 23.4. The Kier molecular flexibility index (Phi) is 4.96. The number of aryl methyl sites for hydroxylation is 1. The molecule has 3 heterocycles. The predicted octanol–water partition coefficient (Wildman–Crippen LogP) is 5.34. The van der Waals surface area contributed by atoms with Gasteiger partial charge in [0.15, 0.2) is 5.66 Å². The predicted molar refractivity (Wildman–Crippen MR) is 133 cm³/mol. The van der Waals surface area contributed by atoms with Crippen LogP contribution in [0.2, 0.25) is 5.02 Å². The van der Waals surface area contributed by atoms with E-state index >= 15 is 0 Å². The first kappa shape index (κ1) is 21.0. The Hall–Kier alpha value is -3.57. The molecule has 2 aliphatic rings. The van der Waals surface area contributed by atoms with Crippen LogP contribution in [0, 0.1) is 0 Å². The minimum atomic E-state index is -0.921. The minimum Gasteiger partial charge on any atom is -0.361 e. The highest BCUT2D eigenvalue weighted by molar-refractivity contribution is 6.30. The van der Waals surface area contributed by atoms with E-state index in [-0.39, 0.29) is 11.8 Å². The number of aromatic nitrogens is 1. The number of nitrogens with zero attached hydrogens (tertiary/aromatic N) is 2. The number of carbonyl (C=O) groups is 2. The lowest BCUT2D eigenvalue weighted by Crippen LogP contribution is -2.51. The highest BCUT2D eigenvalue weighted by Gasteiger charge is 2.59. The van der Waals surface area contributed by atoms with Crippen LogP contribution in [0.3, 0.4) is 0 Å². The first-order valence-electron chi connectivity index (χ1n) is 11.6. The molecular formula is C28H24ClN3O2. The number of carbonyl (C=O) groups excluding carboxylic acids is 2. The summed E-state index contributed by atoms with van der Waals surface area (Å²) in [6.07, 6.45) is 4.01. The molecule has 1 unspecified atom stereocenters. The lowest BCUT2D eigenvalue weighted by atomic mass is 9.89. The number of para-hydroxylation sites is 1. The smallest absolute Gasteiger partial charge is 0.256 e. The number of hydrogen-bond donors (Lipinski definition) is 1. The molecule has 0 aliphatic carbocycles. The van der Waals surface area contributed by atoms with Crippen molar-refractivity contribution in [3.8, 4) is 0 Å². The third-order valence-electron chi connectivity index (χ3n) is 7.17. The molecule has 0 spiro atoms. The Morgan fingerprint density at radius 1 is 0.971 bits per heavy atom. The van der Waals surface area contributed by atoms with Crippen LogP contribution in [-0.2, 0) is 16.9 Å². The number of rotatable bonds is 5. The molecule has 0 bridgehead atoms. The first-order chi connectivity index (χ1) is 16.6. The molecule has 1 fully saturated rings. The van der Waals surface area contributed by atoms with Crippen molar-refractivity contribution < 1.29 is 9.59 Å². The largest absolute Gasteiger partial charge is 0.361 e. The van der Waals surface area contributed by atoms with Gasteiger partial charge in [0.2, 0.25) is 5.91 Å². The van der Waals surface area contributed by atoms with Gasteiger partial charge in [-0.2, -0.15) is 0 Å². The number of amides is 2. The van der Waals surface area contributed by atoms with Crippen molar-refractivity contribution in [2.45, 2.75) is 24.9 Å². The zero-order chi connectivity index (χ0) is 23.3. The average molecular weight is 470 g/mol. The number of halogens is 1. The Bertz CT molecular complexity index is 1410. The van der Waals surface area contributed by atoms with E-state index in [2.05, 4.69) is 17.1 Å². The number of benzene rings is 3.